The molecule has 17 heavy (non-hydrogen) atoms. The molecule has 2 N–H and O–H groups in total. The fourth-order valence-electron chi connectivity index (χ4n) is 1.11. The summed E-state index contributed by atoms with van der Waals surface area (Å²) in [4.78, 5) is 10.1. The quantitative estimate of drug-likeness (QED) is 0.639. The lowest BCUT2D eigenvalue weighted by Gasteiger charge is -2.07. The SMILES string of the molecule is N#CC(N)CCOc1cc(Cl)ccc1[N+](=O)[O-]. The zero-order chi connectivity index (χ0) is 12.8. The van der Waals surface area contributed by atoms with Crippen molar-refractivity contribution in [2.45, 2.75) is 12.5 Å². The van der Waals surface area contributed by atoms with Crippen molar-refractivity contribution in [1.82, 2.24) is 0 Å². The number of nitrogens with zero attached hydrogens (tertiary/aromatic N) is 2. The van der Waals surface area contributed by atoms with E-state index in [0.29, 0.717) is 11.4 Å². The van der Waals surface area contributed by atoms with E-state index >= 15 is 0 Å². The summed E-state index contributed by atoms with van der Waals surface area (Å²) < 4.78 is 5.19. The van der Waals surface area contributed by atoms with Crippen LogP contribution < -0.4 is 10.5 Å². The average molecular weight is 256 g/mol. The van der Waals surface area contributed by atoms with Crippen molar-refractivity contribution in [3.05, 3.63) is 33.3 Å². The summed E-state index contributed by atoms with van der Waals surface area (Å²) in [6.45, 7) is 0.121. The second-order valence-electron chi connectivity index (χ2n) is 3.24. The Bertz CT molecular complexity index is 459. The van der Waals surface area contributed by atoms with E-state index in [0.717, 1.165) is 0 Å². The number of nitro groups is 1. The lowest BCUT2D eigenvalue weighted by Crippen LogP contribution is -2.20. The van der Waals surface area contributed by atoms with Crippen LogP contribution in [0.2, 0.25) is 5.02 Å². The fourth-order valence-corrected chi connectivity index (χ4v) is 1.28. The second-order valence-corrected chi connectivity index (χ2v) is 3.68. The van der Waals surface area contributed by atoms with Crippen molar-refractivity contribution in [3.63, 3.8) is 0 Å². The predicted molar refractivity (Wildman–Crippen MR) is 61.8 cm³/mol. The zero-order valence-electron chi connectivity index (χ0n) is 8.80. The van der Waals surface area contributed by atoms with Gasteiger partial charge in [-0.3, -0.25) is 10.1 Å². The highest BCUT2D eigenvalue weighted by atomic mass is 35.5. The Labute approximate surface area is 103 Å². The van der Waals surface area contributed by atoms with Crippen LogP contribution >= 0.6 is 11.6 Å². The molecule has 0 heterocycles. The van der Waals surface area contributed by atoms with Gasteiger partial charge in [0.2, 0.25) is 0 Å². The first-order valence-electron chi connectivity index (χ1n) is 4.76. The van der Waals surface area contributed by atoms with Gasteiger partial charge in [-0.1, -0.05) is 11.6 Å². The van der Waals surface area contributed by atoms with Crippen LogP contribution in [0.1, 0.15) is 6.42 Å². The molecule has 0 aliphatic rings. The molecule has 1 unspecified atom stereocenters. The summed E-state index contributed by atoms with van der Waals surface area (Å²) in [5, 5.41) is 19.5. The largest absolute Gasteiger partial charge is 0.487 e. The van der Waals surface area contributed by atoms with Crippen LogP contribution in [0.15, 0.2) is 18.2 Å². The molecule has 0 spiro atoms. The van der Waals surface area contributed by atoms with Crippen LogP contribution in [0.4, 0.5) is 5.69 Å². The van der Waals surface area contributed by atoms with Gasteiger partial charge in [0.15, 0.2) is 5.75 Å². The lowest BCUT2D eigenvalue weighted by atomic mass is 10.2. The van der Waals surface area contributed by atoms with E-state index < -0.39 is 11.0 Å². The van der Waals surface area contributed by atoms with E-state index in [1.807, 2.05) is 6.07 Å². The van der Waals surface area contributed by atoms with E-state index in [4.69, 9.17) is 27.3 Å². The Morgan fingerprint density at radius 1 is 1.65 bits per heavy atom. The Morgan fingerprint density at radius 2 is 2.35 bits per heavy atom. The summed E-state index contributed by atoms with van der Waals surface area (Å²) in [6.07, 6.45) is 0.292. The van der Waals surface area contributed by atoms with Crippen LogP contribution in [-0.4, -0.2) is 17.6 Å². The van der Waals surface area contributed by atoms with E-state index in [1.54, 1.807) is 0 Å². The summed E-state index contributed by atoms with van der Waals surface area (Å²) in [6, 6.07) is 5.23. The zero-order valence-corrected chi connectivity index (χ0v) is 9.55. The highest BCUT2D eigenvalue weighted by Crippen LogP contribution is 2.29. The van der Waals surface area contributed by atoms with Crippen molar-refractivity contribution >= 4 is 17.3 Å². The number of halogens is 1. The first-order valence-corrected chi connectivity index (χ1v) is 5.14. The molecule has 0 saturated carbocycles. The van der Waals surface area contributed by atoms with Gasteiger partial charge in [-0.2, -0.15) is 5.26 Å². The molecule has 6 nitrogen and oxygen atoms in total. The number of benzene rings is 1. The first kappa shape index (κ1) is 13.2. The van der Waals surface area contributed by atoms with Gasteiger partial charge in [0, 0.05) is 23.6 Å². The van der Waals surface area contributed by atoms with Gasteiger partial charge < -0.3 is 10.5 Å². The Kier molecular flexibility index (Phi) is 4.69. The van der Waals surface area contributed by atoms with E-state index in [-0.39, 0.29) is 18.0 Å². The van der Waals surface area contributed by atoms with Crippen LogP contribution in [0.3, 0.4) is 0 Å². The minimum absolute atomic E-state index is 0.0765. The summed E-state index contributed by atoms with van der Waals surface area (Å²) >= 11 is 5.71. The van der Waals surface area contributed by atoms with Crippen molar-refractivity contribution in [1.29, 1.82) is 5.26 Å². The smallest absolute Gasteiger partial charge is 0.311 e. The molecule has 0 saturated heterocycles. The minimum Gasteiger partial charge on any atom is -0.487 e. The highest BCUT2D eigenvalue weighted by Gasteiger charge is 2.15. The molecule has 0 bridgehead atoms. The molecule has 0 amide bonds. The van der Waals surface area contributed by atoms with E-state index in [2.05, 4.69) is 0 Å². The standard InChI is InChI=1S/C10H10ClN3O3/c11-7-1-2-9(14(15)16)10(5-7)17-4-3-8(13)6-12/h1-2,5,8H,3-4,13H2. The third kappa shape index (κ3) is 3.90. The van der Waals surface area contributed by atoms with Crippen LogP contribution in [0.5, 0.6) is 5.75 Å². The van der Waals surface area contributed by atoms with Gasteiger partial charge in [0.1, 0.15) is 0 Å². The molecule has 90 valence electrons. The molecule has 0 aromatic heterocycles. The maximum atomic E-state index is 10.7. The third-order valence-corrected chi connectivity index (χ3v) is 2.21. The summed E-state index contributed by atoms with van der Waals surface area (Å²) in [5.74, 6) is 0.0765. The van der Waals surface area contributed by atoms with Gasteiger partial charge in [0.05, 0.1) is 23.6 Å². The van der Waals surface area contributed by atoms with Crippen LogP contribution in [-0.2, 0) is 0 Å². The molecule has 1 aromatic carbocycles. The van der Waals surface area contributed by atoms with Gasteiger partial charge in [-0.05, 0) is 6.07 Å². The molecule has 1 atom stereocenters. The van der Waals surface area contributed by atoms with E-state index in [1.165, 1.54) is 18.2 Å². The average Bonchev–Trinajstić information content (AvgIpc) is 2.28. The molecule has 1 rings (SSSR count). The van der Waals surface area contributed by atoms with Crippen LogP contribution in [0.25, 0.3) is 0 Å². The minimum atomic E-state index is -0.645. The van der Waals surface area contributed by atoms with Gasteiger partial charge in [0.25, 0.3) is 0 Å². The monoisotopic (exact) mass is 255 g/mol. The number of ether oxygens (including phenoxy) is 1. The Balaban J connectivity index is 2.72. The number of nitriles is 1. The maximum absolute atomic E-state index is 10.7. The van der Waals surface area contributed by atoms with Gasteiger partial charge in [-0.25, -0.2) is 0 Å². The molecule has 7 heteroatoms. The number of nitro benzene ring substituents is 1. The van der Waals surface area contributed by atoms with Crippen LogP contribution in [0, 0.1) is 21.4 Å². The number of hydrogen-bond acceptors (Lipinski definition) is 5. The maximum Gasteiger partial charge on any atom is 0.311 e. The van der Waals surface area contributed by atoms with E-state index in [9.17, 15) is 10.1 Å². The molecule has 0 radical (unpaired) electrons. The molecule has 1 aromatic rings. The molecule has 0 fully saturated rings. The lowest BCUT2D eigenvalue weighted by molar-refractivity contribution is -0.385. The van der Waals surface area contributed by atoms with Gasteiger partial charge in [-0.15, -0.1) is 0 Å². The topological polar surface area (TPSA) is 102 Å². The number of hydrogen-bond donors (Lipinski definition) is 1. The second kappa shape index (κ2) is 6.03. The number of nitrogens with two attached hydrogens (primary N) is 1. The molecular weight excluding hydrogens is 246 g/mol. The third-order valence-electron chi connectivity index (χ3n) is 1.97. The van der Waals surface area contributed by atoms with Gasteiger partial charge >= 0.3 is 5.69 Å². The molecular formula is C10H10ClN3O3. The normalized spacial score (nSPS) is 11.6. The van der Waals surface area contributed by atoms with Crippen molar-refractivity contribution in [2.75, 3.05) is 6.61 Å². The highest BCUT2D eigenvalue weighted by molar-refractivity contribution is 6.30. The fraction of sp³-hybridized carbons (Fsp3) is 0.300. The summed E-state index contributed by atoms with van der Waals surface area (Å²) in [5.41, 5.74) is 5.20. The number of rotatable bonds is 5. The summed E-state index contributed by atoms with van der Waals surface area (Å²) in [7, 11) is 0. The first-order chi connectivity index (χ1) is 8.04. The predicted octanol–water partition coefficient (Wildman–Crippen LogP) is 1.87. The molecule has 0 aliphatic carbocycles. The van der Waals surface area contributed by atoms with Crippen molar-refractivity contribution in [3.8, 4) is 11.8 Å². The van der Waals surface area contributed by atoms with Crippen molar-refractivity contribution in [2.24, 2.45) is 5.73 Å². The Hall–Kier alpha value is -1.84. The molecule has 0 aliphatic heterocycles. The van der Waals surface area contributed by atoms with Crippen molar-refractivity contribution < 1.29 is 9.66 Å². The Morgan fingerprint density at radius 3 is 2.94 bits per heavy atom.